The van der Waals surface area contributed by atoms with Crippen molar-refractivity contribution in [3.05, 3.63) is 0 Å². The van der Waals surface area contributed by atoms with E-state index in [0.29, 0.717) is 24.9 Å². The first kappa shape index (κ1) is 16.1. The Balaban J connectivity index is 1.77. The molecule has 120 valence electrons. The van der Waals surface area contributed by atoms with Gasteiger partial charge < -0.3 is 20.1 Å². The maximum Gasteiger partial charge on any atom is 0.329 e. The van der Waals surface area contributed by atoms with Gasteiger partial charge in [0.25, 0.3) is 0 Å². The number of carboxylic acids is 1. The van der Waals surface area contributed by atoms with Crippen LogP contribution >= 0.6 is 0 Å². The zero-order valence-corrected chi connectivity index (χ0v) is 13.1. The third kappa shape index (κ3) is 3.87. The van der Waals surface area contributed by atoms with Crippen molar-refractivity contribution >= 4 is 12.0 Å². The third-order valence-electron chi connectivity index (χ3n) is 4.90. The van der Waals surface area contributed by atoms with Gasteiger partial charge >= 0.3 is 12.0 Å². The normalized spacial score (nSPS) is 31.4. The van der Waals surface area contributed by atoms with E-state index >= 15 is 0 Å². The second-order valence-corrected chi connectivity index (χ2v) is 6.81. The van der Waals surface area contributed by atoms with Gasteiger partial charge in [0, 0.05) is 6.04 Å². The molecule has 1 aliphatic heterocycles. The minimum Gasteiger partial charge on any atom is -0.480 e. The molecule has 0 aromatic heterocycles. The molecule has 2 fully saturated rings. The Morgan fingerprint density at radius 1 is 1.33 bits per heavy atom. The van der Waals surface area contributed by atoms with Gasteiger partial charge in [-0.3, -0.25) is 0 Å². The molecule has 3 atom stereocenters. The van der Waals surface area contributed by atoms with Crippen molar-refractivity contribution in [2.45, 2.75) is 51.7 Å². The highest BCUT2D eigenvalue weighted by Gasteiger charge is 2.43. The Morgan fingerprint density at radius 2 is 2.00 bits per heavy atom. The number of rotatable bonds is 4. The molecule has 0 spiro atoms. The predicted molar refractivity (Wildman–Crippen MR) is 78.1 cm³/mol. The van der Waals surface area contributed by atoms with Crippen LogP contribution in [-0.2, 0) is 9.53 Å². The van der Waals surface area contributed by atoms with Crippen molar-refractivity contribution in [1.29, 1.82) is 0 Å². The number of nitrogens with zero attached hydrogens (tertiary/aromatic N) is 1. The van der Waals surface area contributed by atoms with Crippen LogP contribution < -0.4 is 5.32 Å². The van der Waals surface area contributed by atoms with Gasteiger partial charge in [0.1, 0.15) is 12.2 Å². The monoisotopic (exact) mass is 298 g/mol. The summed E-state index contributed by atoms with van der Waals surface area (Å²) in [5, 5.41) is 11.7. The molecule has 2 amide bonds. The summed E-state index contributed by atoms with van der Waals surface area (Å²) in [6.45, 7) is 6.86. The molecular weight excluding hydrogens is 272 g/mol. The van der Waals surface area contributed by atoms with E-state index in [-0.39, 0.29) is 18.7 Å². The molecule has 1 heterocycles. The molecule has 6 nitrogen and oxygen atoms in total. The lowest BCUT2D eigenvalue weighted by Gasteiger charge is -2.48. The minimum absolute atomic E-state index is 0.0580. The fraction of sp³-hybridized carbons (Fsp3) is 0.867. The zero-order valence-electron chi connectivity index (χ0n) is 13.1. The van der Waals surface area contributed by atoms with Crippen molar-refractivity contribution < 1.29 is 19.4 Å². The van der Waals surface area contributed by atoms with E-state index in [9.17, 15) is 9.59 Å². The van der Waals surface area contributed by atoms with E-state index in [1.54, 1.807) is 4.90 Å². The van der Waals surface area contributed by atoms with Gasteiger partial charge in [0.2, 0.25) is 0 Å². The summed E-state index contributed by atoms with van der Waals surface area (Å²) in [6, 6.07) is 0.186. The van der Waals surface area contributed by atoms with Crippen molar-refractivity contribution in [3.8, 4) is 0 Å². The van der Waals surface area contributed by atoms with E-state index in [0.717, 1.165) is 12.8 Å². The van der Waals surface area contributed by atoms with Gasteiger partial charge in [-0.1, -0.05) is 26.7 Å². The number of nitrogens with one attached hydrogen (secondary N) is 1. The van der Waals surface area contributed by atoms with E-state index in [2.05, 4.69) is 19.2 Å². The number of hydrogen-bond acceptors (Lipinski definition) is 3. The maximum absolute atomic E-state index is 12.2. The highest BCUT2D eigenvalue weighted by molar-refractivity contribution is 5.76. The second-order valence-electron chi connectivity index (χ2n) is 6.81. The lowest BCUT2D eigenvalue weighted by atomic mass is 9.78. The standard InChI is InChI=1S/C15H26N2O4/c1-10-5-4-6-12(11(10)2)16-14(20)17-8-15(3,9-17)21-7-13(18)19/h10-12H,4-9H2,1-3H3,(H,16,20)(H,18,19). The number of amides is 2. The average Bonchev–Trinajstić information content (AvgIpc) is 2.38. The number of ether oxygens (including phenoxy) is 1. The molecule has 0 aromatic rings. The van der Waals surface area contributed by atoms with E-state index in [1.165, 1.54) is 6.42 Å². The number of aliphatic carboxylic acids is 1. The summed E-state index contributed by atoms with van der Waals surface area (Å²) >= 11 is 0. The fourth-order valence-corrected chi connectivity index (χ4v) is 3.27. The molecule has 0 bridgehead atoms. The molecule has 1 saturated carbocycles. The van der Waals surface area contributed by atoms with Gasteiger partial charge in [-0.15, -0.1) is 0 Å². The first-order valence-electron chi connectivity index (χ1n) is 7.72. The second kappa shape index (κ2) is 6.22. The van der Waals surface area contributed by atoms with Crippen LogP contribution in [0, 0.1) is 11.8 Å². The zero-order chi connectivity index (χ0) is 15.6. The molecule has 6 heteroatoms. The van der Waals surface area contributed by atoms with Gasteiger partial charge in [-0.2, -0.15) is 0 Å². The topological polar surface area (TPSA) is 78.9 Å². The molecule has 1 aliphatic carbocycles. The highest BCUT2D eigenvalue weighted by atomic mass is 16.5. The summed E-state index contributed by atoms with van der Waals surface area (Å²) in [5.74, 6) is 0.160. The lowest BCUT2D eigenvalue weighted by Crippen LogP contribution is -2.66. The average molecular weight is 298 g/mol. The van der Waals surface area contributed by atoms with Crippen molar-refractivity contribution in [1.82, 2.24) is 10.2 Å². The molecule has 2 aliphatic rings. The first-order valence-corrected chi connectivity index (χ1v) is 7.72. The first-order chi connectivity index (χ1) is 9.81. The summed E-state index contributed by atoms with van der Waals surface area (Å²) in [6.07, 6.45) is 3.44. The predicted octanol–water partition coefficient (Wildman–Crippen LogP) is 1.70. The van der Waals surface area contributed by atoms with Crippen molar-refractivity contribution in [2.75, 3.05) is 19.7 Å². The Morgan fingerprint density at radius 3 is 2.62 bits per heavy atom. The van der Waals surface area contributed by atoms with E-state index in [4.69, 9.17) is 9.84 Å². The van der Waals surface area contributed by atoms with Crippen LogP contribution in [-0.4, -0.2) is 53.3 Å². The fourth-order valence-electron chi connectivity index (χ4n) is 3.27. The SMILES string of the molecule is CC1CCCC(NC(=O)N2CC(C)(OCC(=O)O)C2)C1C. The van der Waals surface area contributed by atoms with E-state index in [1.807, 2.05) is 6.92 Å². The van der Waals surface area contributed by atoms with Crippen LogP contribution in [0.3, 0.4) is 0 Å². The minimum atomic E-state index is -0.982. The quantitative estimate of drug-likeness (QED) is 0.828. The van der Waals surface area contributed by atoms with Crippen LogP contribution in [0.1, 0.15) is 40.0 Å². The molecular formula is C15H26N2O4. The summed E-state index contributed by atoms with van der Waals surface area (Å²) in [7, 11) is 0. The largest absolute Gasteiger partial charge is 0.480 e. The molecule has 3 unspecified atom stereocenters. The van der Waals surface area contributed by atoms with Crippen LogP contribution in [0.15, 0.2) is 0 Å². The molecule has 0 aromatic carbocycles. The number of hydrogen-bond donors (Lipinski definition) is 2. The van der Waals surface area contributed by atoms with E-state index < -0.39 is 11.6 Å². The van der Waals surface area contributed by atoms with Crippen LogP contribution in [0.2, 0.25) is 0 Å². The van der Waals surface area contributed by atoms with Gasteiger partial charge in [-0.25, -0.2) is 9.59 Å². The highest BCUT2D eigenvalue weighted by Crippen LogP contribution is 2.30. The van der Waals surface area contributed by atoms with Crippen molar-refractivity contribution in [3.63, 3.8) is 0 Å². The number of urea groups is 1. The Bertz CT molecular complexity index is 406. The molecule has 2 N–H and O–H groups in total. The van der Waals surface area contributed by atoms with Crippen LogP contribution in [0.4, 0.5) is 4.79 Å². The van der Waals surface area contributed by atoms with Crippen molar-refractivity contribution in [2.24, 2.45) is 11.8 Å². The number of carbonyl (C=O) groups excluding carboxylic acids is 1. The molecule has 0 radical (unpaired) electrons. The third-order valence-corrected chi connectivity index (χ3v) is 4.90. The van der Waals surface area contributed by atoms with Crippen LogP contribution in [0.5, 0.6) is 0 Å². The summed E-state index contributed by atoms with van der Waals surface area (Å²) in [4.78, 5) is 24.4. The summed E-state index contributed by atoms with van der Waals surface area (Å²) in [5.41, 5.74) is -0.527. The smallest absolute Gasteiger partial charge is 0.329 e. The Kier molecular flexibility index (Phi) is 4.76. The van der Waals surface area contributed by atoms with Gasteiger partial charge in [0.15, 0.2) is 0 Å². The maximum atomic E-state index is 12.2. The Labute approximate surface area is 125 Å². The van der Waals surface area contributed by atoms with Gasteiger partial charge in [0.05, 0.1) is 13.1 Å². The lowest BCUT2D eigenvalue weighted by molar-refractivity contribution is -0.159. The molecule has 1 saturated heterocycles. The van der Waals surface area contributed by atoms with Gasteiger partial charge in [-0.05, 0) is 25.2 Å². The summed E-state index contributed by atoms with van der Waals surface area (Å²) < 4.78 is 5.31. The number of likely N-dealkylation sites (tertiary alicyclic amines) is 1. The number of carbonyl (C=O) groups is 2. The number of carboxylic acid groups (broad SMARTS) is 1. The Hall–Kier alpha value is -1.30. The molecule has 2 rings (SSSR count). The van der Waals surface area contributed by atoms with Crippen LogP contribution in [0.25, 0.3) is 0 Å². The molecule has 21 heavy (non-hydrogen) atoms.